The summed E-state index contributed by atoms with van der Waals surface area (Å²) >= 11 is 0. The van der Waals surface area contributed by atoms with Crippen LogP contribution in [0.5, 0.6) is 0 Å². The van der Waals surface area contributed by atoms with Crippen LogP contribution in [0.3, 0.4) is 0 Å². The largest absolute Gasteiger partial charge is 0.338 e. The molecule has 1 N–H and O–H groups in total. The van der Waals surface area contributed by atoms with E-state index in [1.165, 1.54) is 5.56 Å². The highest BCUT2D eigenvalue weighted by Gasteiger charge is 2.27. The number of anilines is 1. The molecule has 27 heavy (non-hydrogen) atoms. The first-order chi connectivity index (χ1) is 13.2. The second-order valence-electron chi connectivity index (χ2n) is 7.16. The van der Waals surface area contributed by atoms with Gasteiger partial charge in [0, 0.05) is 42.7 Å². The van der Waals surface area contributed by atoms with Crippen LogP contribution in [0.4, 0.5) is 5.69 Å². The fourth-order valence-electron chi connectivity index (χ4n) is 3.81. The summed E-state index contributed by atoms with van der Waals surface area (Å²) in [7, 11) is 0. The van der Waals surface area contributed by atoms with Crippen LogP contribution in [0.25, 0.3) is 0 Å². The number of nitrogens with one attached hydrogen (secondary N) is 1. The lowest BCUT2D eigenvalue weighted by atomic mass is 9.91. The number of rotatable bonds is 3. The second kappa shape index (κ2) is 7.74. The molecule has 0 radical (unpaired) electrons. The fraction of sp³-hybridized carbons (Fsp3) is 0.318. The number of hydrogen-bond acceptors (Lipinski definition) is 3. The quantitative estimate of drug-likeness (QED) is 0.850. The van der Waals surface area contributed by atoms with E-state index in [0.29, 0.717) is 12.1 Å². The van der Waals surface area contributed by atoms with Crippen LogP contribution in [0.15, 0.2) is 54.9 Å². The van der Waals surface area contributed by atoms with Crippen LogP contribution in [0, 0.1) is 5.92 Å². The van der Waals surface area contributed by atoms with Crippen molar-refractivity contribution in [1.29, 1.82) is 0 Å². The number of carbonyl (C=O) groups is 2. The monoisotopic (exact) mass is 361 g/mol. The Kier molecular flexibility index (Phi) is 5.01. The van der Waals surface area contributed by atoms with E-state index in [2.05, 4.69) is 28.5 Å². The van der Waals surface area contributed by atoms with E-state index in [4.69, 9.17) is 0 Å². The van der Waals surface area contributed by atoms with E-state index in [-0.39, 0.29) is 17.7 Å². The molecule has 2 aromatic rings. The van der Waals surface area contributed by atoms with Gasteiger partial charge in [0.2, 0.25) is 5.91 Å². The molecule has 0 fully saturated rings. The normalized spacial score (nSPS) is 18.7. The minimum Gasteiger partial charge on any atom is -0.338 e. The zero-order valence-electron chi connectivity index (χ0n) is 15.2. The van der Waals surface area contributed by atoms with Gasteiger partial charge in [-0.05, 0) is 61.1 Å². The van der Waals surface area contributed by atoms with E-state index < -0.39 is 0 Å². The van der Waals surface area contributed by atoms with Gasteiger partial charge in [-0.1, -0.05) is 18.2 Å². The molecular formula is C22H23N3O2. The van der Waals surface area contributed by atoms with Gasteiger partial charge < -0.3 is 10.2 Å². The zero-order valence-corrected chi connectivity index (χ0v) is 15.2. The average Bonchev–Trinajstić information content (AvgIpc) is 2.74. The first kappa shape index (κ1) is 17.5. The molecule has 0 spiro atoms. The van der Waals surface area contributed by atoms with Crippen molar-refractivity contribution in [2.45, 2.75) is 32.2 Å². The highest BCUT2D eigenvalue weighted by atomic mass is 16.2. The summed E-state index contributed by atoms with van der Waals surface area (Å²) in [6, 6.07) is 9.36. The molecule has 0 unspecified atom stereocenters. The molecular weight excluding hydrogens is 338 g/mol. The molecule has 0 bridgehead atoms. The molecule has 2 amide bonds. The Morgan fingerprint density at radius 3 is 2.70 bits per heavy atom. The summed E-state index contributed by atoms with van der Waals surface area (Å²) in [6.45, 7) is 1.39. The number of aromatic nitrogens is 1. The maximum Gasteiger partial charge on any atom is 0.255 e. The van der Waals surface area contributed by atoms with Gasteiger partial charge in [-0.2, -0.15) is 0 Å². The third-order valence-corrected chi connectivity index (χ3v) is 5.35. The van der Waals surface area contributed by atoms with Gasteiger partial charge in [-0.15, -0.1) is 0 Å². The molecule has 5 nitrogen and oxygen atoms in total. The van der Waals surface area contributed by atoms with Gasteiger partial charge in [0.15, 0.2) is 0 Å². The fourth-order valence-corrected chi connectivity index (χ4v) is 3.81. The van der Waals surface area contributed by atoms with Crippen LogP contribution in [-0.4, -0.2) is 28.2 Å². The van der Waals surface area contributed by atoms with Crippen LogP contribution >= 0.6 is 0 Å². The van der Waals surface area contributed by atoms with Crippen molar-refractivity contribution in [1.82, 2.24) is 9.88 Å². The lowest BCUT2D eigenvalue weighted by Crippen LogP contribution is -2.40. The van der Waals surface area contributed by atoms with E-state index >= 15 is 0 Å². The third-order valence-electron chi connectivity index (χ3n) is 5.35. The van der Waals surface area contributed by atoms with E-state index in [0.717, 1.165) is 43.5 Å². The van der Waals surface area contributed by atoms with Crippen LogP contribution < -0.4 is 5.32 Å². The molecule has 0 saturated carbocycles. The zero-order chi connectivity index (χ0) is 18.6. The average molecular weight is 361 g/mol. The smallest absolute Gasteiger partial charge is 0.255 e. The summed E-state index contributed by atoms with van der Waals surface area (Å²) in [4.78, 5) is 31.1. The molecule has 138 valence electrons. The topological polar surface area (TPSA) is 62.3 Å². The van der Waals surface area contributed by atoms with Crippen LogP contribution in [0.2, 0.25) is 0 Å². The number of carbonyl (C=O) groups excluding carboxylic acids is 2. The molecule has 1 atom stereocenters. The molecule has 2 aliphatic rings. The number of nitrogens with zero attached hydrogens (tertiary/aromatic N) is 2. The summed E-state index contributed by atoms with van der Waals surface area (Å²) < 4.78 is 0. The standard InChI is InChI=1S/C22H23N3O2/c26-21(17-8-11-23-12-9-17)24-20-7-6-16-10-13-25(15-19(16)14-20)22(27)18-4-2-1-3-5-18/h1-2,6-9,11-12,14,18H,3-5,10,13,15H2,(H,24,26)/t18-/m0/s1. The molecule has 0 saturated heterocycles. The van der Waals surface area contributed by atoms with Crippen molar-refractivity contribution in [2.24, 2.45) is 5.92 Å². The Bertz CT molecular complexity index is 876. The minimum absolute atomic E-state index is 0.117. The first-order valence-electron chi connectivity index (χ1n) is 9.47. The van der Waals surface area contributed by atoms with Crippen LogP contribution in [0.1, 0.15) is 40.7 Å². The van der Waals surface area contributed by atoms with Gasteiger partial charge in [0.05, 0.1) is 0 Å². The Balaban J connectivity index is 1.46. The SMILES string of the molecule is O=C(Nc1ccc2c(c1)CN(C(=O)[C@H]1CC=CCC1)CC2)c1ccncc1. The van der Waals surface area contributed by atoms with Gasteiger partial charge in [0.1, 0.15) is 0 Å². The molecule has 1 aliphatic heterocycles. The number of allylic oxidation sites excluding steroid dienone is 2. The first-order valence-corrected chi connectivity index (χ1v) is 9.47. The minimum atomic E-state index is -0.157. The number of fused-ring (bicyclic) bond motifs is 1. The second-order valence-corrected chi connectivity index (χ2v) is 7.16. The van der Waals surface area contributed by atoms with Crippen molar-refractivity contribution in [3.8, 4) is 0 Å². The molecule has 2 heterocycles. The maximum atomic E-state index is 12.8. The Morgan fingerprint density at radius 2 is 1.93 bits per heavy atom. The summed E-state index contributed by atoms with van der Waals surface area (Å²) in [5, 5.41) is 2.94. The van der Waals surface area contributed by atoms with Crippen molar-refractivity contribution >= 4 is 17.5 Å². The summed E-state index contributed by atoms with van der Waals surface area (Å²) in [5.74, 6) is 0.220. The summed E-state index contributed by atoms with van der Waals surface area (Å²) in [5.41, 5.74) is 3.70. The lowest BCUT2D eigenvalue weighted by Gasteiger charge is -2.32. The number of hydrogen-bond donors (Lipinski definition) is 1. The Hall–Kier alpha value is -2.95. The van der Waals surface area contributed by atoms with Crippen LogP contribution in [-0.2, 0) is 17.8 Å². The van der Waals surface area contributed by atoms with Gasteiger partial charge >= 0.3 is 0 Å². The van der Waals surface area contributed by atoms with E-state index in [1.807, 2.05) is 17.0 Å². The molecule has 1 aliphatic carbocycles. The van der Waals surface area contributed by atoms with E-state index in [9.17, 15) is 9.59 Å². The van der Waals surface area contributed by atoms with Crippen molar-refractivity contribution in [2.75, 3.05) is 11.9 Å². The Labute approximate surface area is 159 Å². The maximum absolute atomic E-state index is 12.8. The van der Waals surface area contributed by atoms with E-state index in [1.54, 1.807) is 24.5 Å². The summed E-state index contributed by atoms with van der Waals surface area (Å²) in [6.07, 6.45) is 11.1. The Morgan fingerprint density at radius 1 is 1.07 bits per heavy atom. The van der Waals surface area contributed by atoms with Crippen molar-refractivity contribution < 1.29 is 9.59 Å². The highest BCUT2D eigenvalue weighted by Crippen LogP contribution is 2.27. The highest BCUT2D eigenvalue weighted by molar-refractivity contribution is 6.04. The predicted octanol–water partition coefficient (Wildman–Crippen LogP) is 3.57. The predicted molar refractivity (Wildman–Crippen MR) is 104 cm³/mol. The molecule has 1 aromatic carbocycles. The number of amides is 2. The van der Waals surface area contributed by atoms with Gasteiger partial charge in [-0.25, -0.2) is 0 Å². The molecule has 5 heteroatoms. The number of benzene rings is 1. The van der Waals surface area contributed by atoms with Crippen molar-refractivity contribution in [3.05, 3.63) is 71.6 Å². The number of pyridine rings is 1. The van der Waals surface area contributed by atoms with Gasteiger partial charge in [-0.3, -0.25) is 14.6 Å². The lowest BCUT2D eigenvalue weighted by molar-refractivity contribution is -0.136. The van der Waals surface area contributed by atoms with Gasteiger partial charge in [0.25, 0.3) is 5.91 Å². The molecule has 4 rings (SSSR count). The third kappa shape index (κ3) is 3.92. The van der Waals surface area contributed by atoms with Crippen molar-refractivity contribution in [3.63, 3.8) is 0 Å². The molecule has 1 aromatic heterocycles.